The summed E-state index contributed by atoms with van der Waals surface area (Å²) in [7, 11) is 2.04. The number of hydrogen-bond donors (Lipinski definition) is 0. The van der Waals surface area contributed by atoms with Crippen LogP contribution < -0.4 is 9.80 Å². The fourth-order valence-corrected chi connectivity index (χ4v) is 2.05. The lowest BCUT2D eigenvalue weighted by Crippen LogP contribution is -2.23. The lowest BCUT2D eigenvalue weighted by Gasteiger charge is -2.20. The van der Waals surface area contributed by atoms with Crippen LogP contribution in [0, 0.1) is 0 Å². The first kappa shape index (κ1) is 12.8. The number of hydrogen-bond acceptors (Lipinski definition) is 5. The third-order valence-electron chi connectivity index (χ3n) is 3.23. The highest BCUT2D eigenvalue weighted by Crippen LogP contribution is 2.19. The van der Waals surface area contributed by atoms with Crippen LogP contribution in [0.25, 0.3) is 0 Å². The Morgan fingerprint density at radius 2 is 2.28 bits per heavy atom. The maximum Gasteiger partial charge on any atom is 0.153 e. The average Bonchev–Trinajstić information content (AvgIpc) is 2.83. The standard InChI is InChI=1S/C13H20N4O/c1-3-4-6-16(2)12-8-13(15-10-14-12)17-7-5-11(18)9-17/h8,10H,3-7,9H2,1-2H3. The molecule has 0 saturated carbocycles. The predicted molar refractivity (Wildman–Crippen MR) is 72.0 cm³/mol. The Labute approximate surface area is 108 Å². The molecule has 1 saturated heterocycles. The van der Waals surface area contributed by atoms with Crippen molar-refractivity contribution in [3.05, 3.63) is 12.4 Å². The van der Waals surface area contributed by atoms with E-state index in [2.05, 4.69) is 21.8 Å². The molecular formula is C13H20N4O. The molecule has 1 aliphatic rings. The molecule has 1 aliphatic heterocycles. The number of aromatic nitrogens is 2. The van der Waals surface area contributed by atoms with Gasteiger partial charge in [-0.1, -0.05) is 13.3 Å². The van der Waals surface area contributed by atoms with Gasteiger partial charge in [-0.25, -0.2) is 9.97 Å². The number of nitrogens with zero attached hydrogens (tertiary/aromatic N) is 4. The summed E-state index contributed by atoms with van der Waals surface area (Å²) >= 11 is 0. The highest BCUT2D eigenvalue weighted by atomic mass is 16.1. The van der Waals surface area contributed by atoms with Crippen molar-refractivity contribution in [2.24, 2.45) is 0 Å². The zero-order valence-electron chi connectivity index (χ0n) is 11.1. The first-order chi connectivity index (χ1) is 8.70. The summed E-state index contributed by atoms with van der Waals surface area (Å²) in [5.41, 5.74) is 0. The van der Waals surface area contributed by atoms with E-state index in [0.29, 0.717) is 13.0 Å². The largest absolute Gasteiger partial charge is 0.360 e. The fraction of sp³-hybridized carbons (Fsp3) is 0.615. The van der Waals surface area contributed by atoms with E-state index in [1.54, 1.807) is 6.33 Å². The molecule has 2 rings (SSSR count). The summed E-state index contributed by atoms with van der Waals surface area (Å²) in [5.74, 6) is 2.07. The summed E-state index contributed by atoms with van der Waals surface area (Å²) in [6.45, 7) is 4.42. The molecule has 1 aromatic rings. The van der Waals surface area contributed by atoms with Crippen molar-refractivity contribution < 1.29 is 4.79 Å². The summed E-state index contributed by atoms with van der Waals surface area (Å²) in [5, 5.41) is 0. The van der Waals surface area contributed by atoms with Gasteiger partial charge in [0.2, 0.25) is 0 Å². The summed E-state index contributed by atoms with van der Waals surface area (Å²) in [6.07, 6.45) is 4.53. The second-order valence-corrected chi connectivity index (χ2v) is 4.72. The van der Waals surface area contributed by atoms with Crippen LogP contribution >= 0.6 is 0 Å². The topological polar surface area (TPSA) is 49.3 Å². The Morgan fingerprint density at radius 3 is 2.94 bits per heavy atom. The zero-order chi connectivity index (χ0) is 13.0. The number of unbranched alkanes of at least 4 members (excludes halogenated alkanes) is 1. The van der Waals surface area contributed by atoms with E-state index in [0.717, 1.165) is 31.1 Å². The molecule has 18 heavy (non-hydrogen) atoms. The molecule has 2 heterocycles. The molecular weight excluding hydrogens is 228 g/mol. The van der Waals surface area contributed by atoms with Gasteiger partial charge >= 0.3 is 0 Å². The highest BCUT2D eigenvalue weighted by Gasteiger charge is 2.21. The van der Waals surface area contributed by atoms with E-state index < -0.39 is 0 Å². The van der Waals surface area contributed by atoms with Crippen LogP contribution in [-0.2, 0) is 4.79 Å². The maximum absolute atomic E-state index is 11.3. The van der Waals surface area contributed by atoms with Gasteiger partial charge in [0.25, 0.3) is 0 Å². The van der Waals surface area contributed by atoms with Crippen LogP contribution in [-0.4, -0.2) is 42.4 Å². The van der Waals surface area contributed by atoms with E-state index >= 15 is 0 Å². The van der Waals surface area contributed by atoms with Crippen molar-refractivity contribution in [1.82, 2.24) is 9.97 Å². The van der Waals surface area contributed by atoms with E-state index in [1.165, 1.54) is 6.42 Å². The minimum Gasteiger partial charge on any atom is -0.360 e. The van der Waals surface area contributed by atoms with Crippen molar-refractivity contribution in [3.8, 4) is 0 Å². The van der Waals surface area contributed by atoms with Gasteiger partial charge in [-0.05, 0) is 6.42 Å². The van der Waals surface area contributed by atoms with Gasteiger partial charge in [0.15, 0.2) is 5.78 Å². The minimum atomic E-state index is 0.287. The van der Waals surface area contributed by atoms with Crippen molar-refractivity contribution in [1.29, 1.82) is 0 Å². The molecule has 0 amide bonds. The molecule has 0 bridgehead atoms. The molecule has 98 valence electrons. The number of carbonyl (C=O) groups is 1. The number of anilines is 2. The van der Waals surface area contributed by atoms with Gasteiger partial charge in [0.1, 0.15) is 18.0 Å². The van der Waals surface area contributed by atoms with Gasteiger partial charge in [-0.3, -0.25) is 4.79 Å². The average molecular weight is 248 g/mol. The van der Waals surface area contributed by atoms with Crippen LogP contribution in [0.4, 0.5) is 11.6 Å². The Kier molecular flexibility index (Phi) is 4.12. The molecule has 0 aliphatic carbocycles. The van der Waals surface area contributed by atoms with Crippen molar-refractivity contribution in [2.75, 3.05) is 36.5 Å². The lowest BCUT2D eigenvalue weighted by atomic mass is 10.3. The SMILES string of the molecule is CCCCN(C)c1cc(N2CCC(=O)C2)ncn1. The van der Waals surface area contributed by atoms with Gasteiger partial charge < -0.3 is 9.80 Å². The van der Waals surface area contributed by atoms with E-state index in [-0.39, 0.29) is 5.78 Å². The third kappa shape index (κ3) is 2.97. The van der Waals surface area contributed by atoms with Crippen molar-refractivity contribution in [2.45, 2.75) is 26.2 Å². The van der Waals surface area contributed by atoms with E-state index in [1.807, 2.05) is 18.0 Å². The smallest absolute Gasteiger partial charge is 0.153 e. The molecule has 0 radical (unpaired) electrons. The molecule has 5 nitrogen and oxygen atoms in total. The second kappa shape index (κ2) is 5.80. The molecule has 0 atom stereocenters. The Balaban J connectivity index is 2.07. The number of carbonyl (C=O) groups excluding carboxylic acids is 1. The minimum absolute atomic E-state index is 0.287. The first-order valence-electron chi connectivity index (χ1n) is 6.50. The number of rotatable bonds is 5. The van der Waals surface area contributed by atoms with Crippen LogP contribution in [0.3, 0.4) is 0 Å². The summed E-state index contributed by atoms with van der Waals surface area (Å²) in [4.78, 5) is 24.0. The molecule has 1 aromatic heterocycles. The van der Waals surface area contributed by atoms with Gasteiger partial charge in [0, 0.05) is 32.6 Å². The quantitative estimate of drug-likeness (QED) is 0.790. The molecule has 0 aromatic carbocycles. The molecule has 1 fully saturated rings. The van der Waals surface area contributed by atoms with Crippen LogP contribution in [0.2, 0.25) is 0 Å². The molecule has 0 unspecified atom stereocenters. The second-order valence-electron chi connectivity index (χ2n) is 4.72. The van der Waals surface area contributed by atoms with Crippen LogP contribution in [0.15, 0.2) is 12.4 Å². The highest BCUT2D eigenvalue weighted by molar-refractivity contribution is 5.86. The van der Waals surface area contributed by atoms with Crippen LogP contribution in [0.1, 0.15) is 26.2 Å². The summed E-state index contributed by atoms with van der Waals surface area (Å²) < 4.78 is 0. The Bertz CT molecular complexity index is 421. The Morgan fingerprint density at radius 1 is 1.44 bits per heavy atom. The van der Waals surface area contributed by atoms with Gasteiger partial charge in [-0.2, -0.15) is 0 Å². The van der Waals surface area contributed by atoms with Crippen molar-refractivity contribution >= 4 is 17.4 Å². The van der Waals surface area contributed by atoms with Crippen LogP contribution in [0.5, 0.6) is 0 Å². The number of ketones is 1. The van der Waals surface area contributed by atoms with Crippen molar-refractivity contribution in [3.63, 3.8) is 0 Å². The maximum atomic E-state index is 11.3. The van der Waals surface area contributed by atoms with Gasteiger partial charge in [0.05, 0.1) is 6.54 Å². The zero-order valence-corrected chi connectivity index (χ0v) is 11.1. The molecule has 5 heteroatoms. The Hall–Kier alpha value is -1.65. The summed E-state index contributed by atoms with van der Waals surface area (Å²) in [6, 6.07) is 1.97. The monoisotopic (exact) mass is 248 g/mol. The van der Waals surface area contributed by atoms with E-state index in [4.69, 9.17) is 0 Å². The van der Waals surface area contributed by atoms with Gasteiger partial charge in [-0.15, -0.1) is 0 Å². The molecule has 0 spiro atoms. The predicted octanol–water partition coefficient (Wildman–Crippen LogP) is 1.49. The number of Topliss-reactive ketones (excluding diaryl/α,β-unsaturated/α-hetero) is 1. The third-order valence-corrected chi connectivity index (χ3v) is 3.23. The lowest BCUT2D eigenvalue weighted by molar-refractivity contribution is -0.116. The van der Waals surface area contributed by atoms with E-state index in [9.17, 15) is 4.79 Å². The fourth-order valence-electron chi connectivity index (χ4n) is 2.05. The first-order valence-corrected chi connectivity index (χ1v) is 6.50. The molecule has 0 N–H and O–H groups in total. The normalized spacial score (nSPS) is 15.2.